The fourth-order valence-corrected chi connectivity index (χ4v) is 3.00. The molecule has 110 valence electrons. The van der Waals surface area contributed by atoms with Gasteiger partial charge in [0.15, 0.2) is 11.6 Å². The third kappa shape index (κ3) is 3.60. The van der Waals surface area contributed by atoms with E-state index in [2.05, 4.69) is 5.32 Å². The van der Waals surface area contributed by atoms with Gasteiger partial charge >= 0.3 is 0 Å². The molecule has 0 aliphatic heterocycles. The van der Waals surface area contributed by atoms with Gasteiger partial charge in [0.1, 0.15) is 5.82 Å². The SMILES string of the molecule is Fc1ccc(Sc2cccc(F)c2CNC2CC2)cc1F. The van der Waals surface area contributed by atoms with Gasteiger partial charge in [0.25, 0.3) is 0 Å². The molecule has 1 aliphatic carbocycles. The number of hydrogen-bond donors (Lipinski definition) is 1. The molecule has 0 amide bonds. The maximum absolute atomic E-state index is 14.0. The van der Waals surface area contributed by atoms with Crippen molar-refractivity contribution in [2.24, 2.45) is 0 Å². The summed E-state index contributed by atoms with van der Waals surface area (Å²) >= 11 is 1.24. The fraction of sp³-hybridized carbons (Fsp3) is 0.250. The van der Waals surface area contributed by atoms with Crippen molar-refractivity contribution in [1.82, 2.24) is 5.32 Å². The van der Waals surface area contributed by atoms with Crippen molar-refractivity contribution in [2.45, 2.75) is 35.2 Å². The molecule has 0 aromatic heterocycles. The van der Waals surface area contributed by atoms with E-state index < -0.39 is 11.6 Å². The van der Waals surface area contributed by atoms with Crippen molar-refractivity contribution >= 4 is 11.8 Å². The number of nitrogens with one attached hydrogen (secondary N) is 1. The summed E-state index contributed by atoms with van der Waals surface area (Å²) in [4.78, 5) is 1.27. The summed E-state index contributed by atoms with van der Waals surface area (Å²) in [5.41, 5.74) is 0.569. The molecule has 0 radical (unpaired) electrons. The van der Waals surface area contributed by atoms with E-state index in [4.69, 9.17) is 0 Å². The molecule has 1 saturated carbocycles. The van der Waals surface area contributed by atoms with Crippen molar-refractivity contribution in [1.29, 1.82) is 0 Å². The topological polar surface area (TPSA) is 12.0 Å². The molecule has 0 unspecified atom stereocenters. The fourth-order valence-electron chi connectivity index (χ4n) is 2.01. The molecule has 2 aromatic rings. The quantitative estimate of drug-likeness (QED) is 0.872. The highest BCUT2D eigenvalue weighted by Crippen LogP contribution is 2.33. The van der Waals surface area contributed by atoms with Crippen molar-refractivity contribution in [3.05, 3.63) is 59.4 Å². The van der Waals surface area contributed by atoms with Gasteiger partial charge in [-0.2, -0.15) is 0 Å². The Hall–Kier alpha value is -1.46. The molecule has 0 saturated heterocycles. The normalized spacial score (nSPS) is 14.4. The molecule has 0 spiro atoms. The summed E-state index contributed by atoms with van der Waals surface area (Å²) in [6.07, 6.45) is 2.25. The summed E-state index contributed by atoms with van der Waals surface area (Å²) in [6.45, 7) is 0.448. The molecule has 21 heavy (non-hydrogen) atoms. The Bertz CT molecular complexity index is 656. The van der Waals surface area contributed by atoms with E-state index in [0.29, 0.717) is 27.9 Å². The van der Waals surface area contributed by atoms with Gasteiger partial charge in [-0.25, -0.2) is 13.2 Å². The highest BCUT2D eigenvalue weighted by atomic mass is 32.2. The van der Waals surface area contributed by atoms with Gasteiger partial charge in [-0.1, -0.05) is 17.8 Å². The average molecular weight is 309 g/mol. The summed E-state index contributed by atoms with van der Waals surface area (Å²) < 4.78 is 40.2. The zero-order chi connectivity index (χ0) is 14.8. The predicted molar refractivity (Wildman–Crippen MR) is 76.7 cm³/mol. The lowest BCUT2D eigenvalue weighted by Gasteiger charge is -2.11. The Morgan fingerprint density at radius 2 is 1.81 bits per heavy atom. The first kappa shape index (κ1) is 14.5. The summed E-state index contributed by atoms with van der Waals surface area (Å²) in [5.74, 6) is -2.06. The minimum atomic E-state index is -0.894. The smallest absolute Gasteiger partial charge is 0.159 e. The Labute approximate surface area is 125 Å². The van der Waals surface area contributed by atoms with Crippen LogP contribution in [0.2, 0.25) is 0 Å². The van der Waals surface area contributed by atoms with Gasteiger partial charge in [-0.15, -0.1) is 0 Å². The first-order chi connectivity index (χ1) is 10.1. The van der Waals surface area contributed by atoms with E-state index in [1.807, 2.05) is 0 Å². The van der Waals surface area contributed by atoms with Gasteiger partial charge in [0.05, 0.1) is 0 Å². The Balaban J connectivity index is 1.82. The van der Waals surface area contributed by atoms with E-state index in [-0.39, 0.29) is 5.82 Å². The van der Waals surface area contributed by atoms with Crippen molar-refractivity contribution in [3.8, 4) is 0 Å². The zero-order valence-electron chi connectivity index (χ0n) is 11.2. The van der Waals surface area contributed by atoms with Crippen LogP contribution in [-0.4, -0.2) is 6.04 Å². The van der Waals surface area contributed by atoms with E-state index in [1.165, 1.54) is 23.9 Å². The molecule has 0 heterocycles. The van der Waals surface area contributed by atoms with E-state index in [0.717, 1.165) is 25.0 Å². The van der Waals surface area contributed by atoms with Gasteiger partial charge in [-0.05, 0) is 43.2 Å². The lowest BCUT2D eigenvalue weighted by atomic mass is 10.2. The minimum Gasteiger partial charge on any atom is -0.310 e. The van der Waals surface area contributed by atoms with Crippen LogP contribution in [-0.2, 0) is 6.54 Å². The minimum absolute atomic E-state index is 0.282. The van der Waals surface area contributed by atoms with Crippen LogP contribution >= 0.6 is 11.8 Å². The Morgan fingerprint density at radius 1 is 1.00 bits per heavy atom. The highest BCUT2D eigenvalue weighted by Gasteiger charge is 2.21. The van der Waals surface area contributed by atoms with Crippen molar-refractivity contribution in [3.63, 3.8) is 0 Å². The van der Waals surface area contributed by atoms with Crippen LogP contribution in [0.3, 0.4) is 0 Å². The summed E-state index contributed by atoms with van der Waals surface area (Å²) in [5, 5.41) is 3.27. The maximum Gasteiger partial charge on any atom is 0.159 e. The molecule has 1 fully saturated rings. The number of rotatable bonds is 5. The number of halogens is 3. The van der Waals surface area contributed by atoms with Crippen LogP contribution in [0.1, 0.15) is 18.4 Å². The molecule has 1 aliphatic rings. The van der Waals surface area contributed by atoms with Crippen molar-refractivity contribution < 1.29 is 13.2 Å². The molecule has 1 N–H and O–H groups in total. The summed E-state index contributed by atoms with van der Waals surface area (Å²) in [6, 6.07) is 9.01. The van der Waals surface area contributed by atoms with Gasteiger partial charge in [-0.3, -0.25) is 0 Å². The van der Waals surface area contributed by atoms with Gasteiger partial charge in [0, 0.05) is 27.9 Å². The predicted octanol–water partition coefficient (Wildman–Crippen LogP) is 4.51. The third-order valence-electron chi connectivity index (χ3n) is 3.34. The second-order valence-corrected chi connectivity index (χ2v) is 6.17. The highest BCUT2D eigenvalue weighted by molar-refractivity contribution is 7.99. The second kappa shape index (κ2) is 6.12. The number of benzene rings is 2. The zero-order valence-corrected chi connectivity index (χ0v) is 12.0. The molecule has 0 atom stereocenters. The van der Waals surface area contributed by atoms with Gasteiger partial charge < -0.3 is 5.32 Å². The monoisotopic (exact) mass is 309 g/mol. The molecule has 2 aromatic carbocycles. The first-order valence-corrected chi connectivity index (χ1v) is 7.59. The van der Waals surface area contributed by atoms with Crippen molar-refractivity contribution in [2.75, 3.05) is 0 Å². The van der Waals surface area contributed by atoms with Crippen LogP contribution in [0.5, 0.6) is 0 Å². The largest absolute Gasteiger partial charge is 0.310 e. The molecule has 5 heteroatoms. The third-order valence-corrected chi connectivity index (χ3v) is 4.43. The molecule has 1 nitrogen and oxygen atoms in total. The van der Waals surface area contributed by atoms with E-state index in [1.54, 1.807) is 12.1 Å². The van der Waals surface area contributed by atoms with Gasteiger partial charge in [0.2, 0.25) is 0 Å². The molecule has 3 rings (SSSR count). The Morgan fingerprint density at radius 3 is 2.52 bits per heavy atom. The number of hydrogen-bond acceptors (Lipinski definition) is 2. The molecule has 0 bridgehead atoms. The second-order valence-electron chi connectivity index (χ2n) is 5.05. The standard InChI is InChI=1S/C16H14F3NS/c17-13-2-1-3-16(12(13)9-20-10-4-5-10)21-11-6-7-14(18)15(19)8-11/h1-3,6-8,10,20H,4-5,9H2. The lowest BCUT2D eigenvalue weighted by molar-refractivity contribution is 0.506. The van der Waals surface area contributed by atoms with Crippen LogP contribution in [0.25, 0.3) is 0 Å². The molecular weight excluding hydrogens is 295 g/mol. The average Bonchev–Trinajstić information content (AvgIpc) is 3.26. The van der Waals surface area contributed by atoms with Crippen LogP contribution in [0, 0.1) is 17.5 Å². The Kier molecular flexibility index (Phi) is 4.22. The molecular formula is C16H14F3NS. The summed E-state index contributed by atoms with van der Waals surface area (Å²) in [7, 11) is 0. The first-order valence-electron chi connectivity index (χ1n) is 6.77. The van der Waals surface area contributed by atoms with E-state index >= 15 is 0 Å². The van der Waals surface area contributed by atoms with Crippen LogP contribution < -0.4 is 5.32 Å². The van der Waals surface area contributed by atoms with E-state index in [9.17, 15) is 13.2 Å². The van der Waals surface area contributed by atoms with Crippen LogP contribution in [0.15, 0.2) is 46.2 Å². The maximum atomic E-state index is 14.0. The lowest BCUT2D eigenvalue weighted by Crippen LogP contribution is -2.16. The van der Waals surface area contributed by atoms with Crippen LogP contribution in [0.4, 0.5) is 13.2 Å².